The van der Waals surface area contributed by atoms with E-state index in [-0.39, 0.29) is 29.3 Å². The fraction of sp³-hybridized carbons (Fsp3) is 0.394. The molecule has 0 aromatic heterocycles. The molecule has 0 spiro atoms. The molecule has 8 nitrogen and oxygen atoms in total. The van der Waals surface area contributed by atoms with Crippen LogP contribution in [0.25, 0.3) is 0 Å². The van der Waals surface area contributed by atoms with E-state index in [1.807, 2.05) is 45.0 Å². The van der Waals surface area contributed by atoms with Gasteiger partial charge in [0.05, 0.1) is 17.7 Å². The Morgan fingerprint density at radius 2 is 1.57 bits per heavy atom. The Hall–Kier alpha value is -3.85. The molecule has 0 saturated carbocycles. The molecule has 3 aromatic carbocycles. The van der Waals surface area contributed by atoms with Crippen LogP contribution in [0, 0.1) is 6.92 Å². The van der Waals surface area contributed by atoms with Gasteiger partial charge in [-0.3, -0.25) is 13.9 Å². The van der Waals surface area contributed by atoms with Crippen LogP contribution in [0.1, 0.15) is 63.6 Å². The number of carbonyl (C=O) groups excluding carboxylic acids is 2. The van der Waals surface area contributed by atoms with Crippen molar-refractivity contribution in [3.8, 4) is 5.75 Å². The van der Waals surface area contributed by atoms with Crippen molar-refractivity contribution in [1.82, 2.24) is 10.2 Å². The van der Waals surface area contributed by atoms with Crippen molar-refractivity contribution in [2.45, 2.75) is 77.4 Å². The van der Waals surface area contributed by atoms with Crippen LogP contribution in [0.4, 0.5) is 5.69 Å². The maximum absolute atomic E-state index is 14.1. The van der Waals surface area contributed by atoms with Gasteiger partial charge in [0, 0.05) is 12.6 Å². The lowest BCUT2D eigenvalue weighted by Crippen LogP contribution is -2.52. The summed E-state index contributed by atoms with van der Waals surface area (Å²) in [5.74, 6) is 0.0552. The van der Waals surface area contributed by atoms with E-state index in [0.29, 0.717) is 11.4 Å². The first-order valence-corrected chi connectivity index (χ1v) is 15.7. The molecule has 2 atom stereocenters. The molecular weight excluding hydrogens is 550 g/mol. The molecular formula is C33H43N3O5S. The maximum atomic E-state index is 14.1. The van der Waals surface area contributed by atoms with E-state index in [2.05, 4.69) is 19.2 Å². The first-order valence-electron chi connectivity index (χ1n) is 14.3. The Morgan fingerprint density at radius 3 is 2.14 bits per heavy atom. The van der Waals surface area contributed by atoms with Crippen molar-refractivity contribution < 1.29 is 22.7 Å². The van der Waals surface area contributed by atoms with E-state index in [0.717, 1.165) is 27.4 Å². The Bertz CT molecular complexity index is 1450. The third-order valence-corrected chi connectivity index (χ3v) is 9.18. The summed E-state index contributed by atoms with van der Waals surface area (Å²) in [4.78, 5) is 28.8. The zero-order valence-corrected chi connectivity index (χ0v) is 26.4. The predicted molar refractivity (Wildman–Crippen MR) is 167 cm³/mol. The number of ether oxygens (including phenoxy) is 1. The molecule has 3 rings (SSSR count). The number of amides is 2. The number of rotatable bonds is 13. The van der Waals surface area contributed by atoms with Crippen molar-refractivity contribution >= 4 is 27.5 Å². The molecule has 0 aliphatic carbocycles. The molecule has 0 aliphatic heterocycles. The summed E-state index contributed by atoms with van der Waals surface area (Å²) < 4.78 is 34.5. The molecule has 42 heavy (non-hydrogen) atoms. The fourth-order valence-electron chi connectivity index (χ4n) is 4.41. The van der Waals surface area contributed by atoms with Gasteiger partial charge in [-0.2, -0.15) is 0 Å². The van der Waals surface area contributed by atoms with Crippen LogP contribution < -0.4 is 14.4 Å². The molecule has 3 aromatic rings. The van der Waals surface area contributed by atoms with Crippen LogP contribution in [0.5, 0.6) is 5.75 Å². The fourth-order valence-corrected chi connectivity index (χ4v) is 5.82. The first-order chi connectivity index (χ1) is 19.9. The number of anilines is 1. The van der Waals surface area contributed by atoms with Crippen molar-refractivity contribution in [1.29, 1.82) is 0 Å². The molecule has 226 valence electrons. The first kappa shape index (κ1) is 32.7. The summed E-state index contributed by atoms with van der Waals surface area (Å²) in [5, 5.41) is 2.95. The molecule has 0 unspecified atom stereocenters. The average molecular weight is 594 g/mol. The third kappa shape index (κ3) is 8.12. The Balaban J connectivity index is 2.05. The Labute approximate surface area is 250 Å². The van der Waals surface area contributed by atoms with Gasteiger partial charge < -0.3 is 15.0 Å². The van der Waals surface area contributed by atoms with Crippen molar-refractivity contribution in [3.63, 3.8) is 0 Å². The minimum atomic E-state index is -4.12. The van der Waals surface area contributed by atoms with Gasteiger partial charge in [-0.1, -0.05) is 62.7 Å². The summed E-state index contributed by atoms with van der Waals surface area (Å²) in [6.07, 6.45) is 0.733. The SMILES string of the molecule is CC[C@@H](C)NC(=O)[C@@H](C)N(Cc1cccc(OC)c1)C(=O)CN(c1ccc(C(C)C)cc1)S(=O)(=O)c1ccc(C)cc1. The highest BCUT2D eigenvalue weighted by Crippen LogP contribution is 2.27. The van der Waals surface area contributed by atoms with Crippen LogP contribution >= 0.6 is 0 Å². The quantitative estimate of drug-likeness (QED) is 0.276. The van der Waals surface area contributed by atoms with Gasteiger partial charge in [0.1, 0.15) is 18.3 Å². The summed E-state index contributed by atoms with van der Waals surface area (Å²) >= 11 is 0. The number of carbonyl (C=O) groups is 2. The Kier molecular flexibility index (Phi) is 11.2. The van der Waals surface area contributed by atoms with Gasteiger partial charge in [-0.25, -0.2) is 8.42 Å². The van der Waals surface area contributed by atoms with Crippen LogP contribution in [-0.4, -0.2) is 50.9 Å². The number of benzene rings is 3. The predicted octanol–water partition coefficient (Wildman–Crippen LogP) is 5.65. The molecule has 1 N–H and O–H groups in total. The van der Waals surface area contributed by atoms with Gasteiger partial charge in [-0.05, 0) is 80.6 Å². The monoisotopic (exact) mass is 593 g/mol. The minimum absolute atomic E-state index is 0.0772. The molecule has 0 aliphatic rings. The second kappa shape index (κ2) is 14.4. The lowest BCUT2D eigenvalue weighted by molar-refractivity contribution is -0.139. The molecule has 0 heterocycles. The van der Waals surface area contributed by atoms with Crippen LogP contribution in [0.2, 0.25) is 0 Å². The van der Waals surface area contributed by atoms with Crippen molar-refractivity contribution in [2.24, 2.45) is 0 Å². The lowest BCUT2D eigenvalue weighted by Gasteiger charge is -2.32. The van der Waals surface area contributed by atoms with E-state index in [4.69, 9.17) is 4.74 Å². The Morgan fingerprint density at radius 1 is 0.929 bits per heavy atom. The number of hydrogen-bond acceptors (Lipinski definition) is 5. The van der Waals surface area contributed by atoms with E-state index < -0.39 is 28.5 Å². The molecule has 0 radical (unpaired) electrons. The second-order valence-electron chi connectivity index (χ2n) is 10.9. The highest BCUT2D eigenvalue weighted by molar-refractivity contribution is 7.92. The second-order valence-corrected chi connectivity index (χ2v) is 12.8. The maximum Gasteiger partial charge on any atom is 0.264 e. The largest absolute Gasteiger partial charge is 0.497 e. The molecule has 0 saturated heterocycles. The summed E-state index contributed by atoms with van der Waals surface area (Å²) in [7, 11) is -2.56. The van der Waals surface area contributed by atoms with E-state index in [9.17, 15) is 18.0 Å². The van der Waals surface area contributed by atoms with E-state index >= 15 is 0 Å². The number of sulfonamides is 1. The van der Waals surface area contributed by atoms with E-state index in [1.54, 1.807) is 62.6 Å². The summed E-state index contributed by atoms with van der Waals surface area (Å²) in [5.41, 5.74) is 3.09. The summed E-state index contributed by atoms with van der Waals surface area (Å²) in [6, 6.07) is 20.0. The minimum Gasteiger partial charge on any atom is -0.497 e. The standard InChI is InChI=1S/C33H43N3O5S/c1-8-25(5)34-33(38)26(6)35(21-27-10-9-11-30(20-27)41-7)32(37)22-36(29-16-14-28(15-17-29)23(2)3)42(39,40)31-18-12-24(4)13-19-31/h9-20,23,25-26H,8,21-22H2,1-7H3,(H,34,38)/t25-,26-/m1/s1. The van der Waals surface area contributed by atoms with Crippen LogP contribution in [0.3, 0.4) is 0 Å². The number of nitrogens with one attached hydrogen (secondary N) is 1. The normalized spacial score (nSPS) is 12.9. The van der Waals surface area contributed by atoms with Crippen molar-refractivity contribution in [2.75, 3.05) is 18.0 Å². The number of aryl methyl sites for hydroxylation is 1. The zero-order valence-electron chi connectivity index (χ0n) is 25.6. The van der Waals surface area contributed by atoms with Crippen LogP contribution in [0.15, 0.2) is 77.7 Å². The van der Waals surface area contributed by atoms with Crippen molar-refractivity contribution in [3.05, 3.63) is 89.5 Å². The zero-order chi connectivity index (χ0) is 31.0. The molecule has 0 fully saturated rings. The lowest BCUT2D eigenvalue weighted by atomic mass is 10.0. The topological polar surface area (TPSA) is 96.0 Å². The molecule has 9 heteroatoms. The van der Waals surface area contributed by atoms with Gasteiger partial charge in [0.2, 0.25) is 11.8 Å². The molecule has 0 bridgehead atoms. The van der Waals surface area contributed by atoms with Gasteiger partial charge >= 0.3 is 0 Å². The van der Waals surface area contributed by atoms with Gasteiger partial charge in [-0.15, -0.1) is 0 Å². The summed E-state index contributed by atoms with van der Waals surface area (Å²) in [6.45, 7) is 11.1. The highest BCUT2D eigenvalue weighted by Gasteiger charge is 2.33. The average Bonchev–Trinajstić information content (AvgIpc) is 2.98. The smallest absolute Gasteiger partial charge is 0.264 e. The number of nitrogens with zero attached hydrogens (tertiary/aromatic N) is 2. The number of hydrogen-bond donors (Lipinski definition) is 1. The highest BCUT2D eigenvalue weighted by atomic mass is 32.2. The van der Waals surface area contributed by atoms with Crippen LogP contribution in [-0.2, 0) is 26.2 Å². The van der Waals surface area contributed by atoms with Gasteiger partial charge in [0.15, 0.2) is 0 Å². The molecule has 2 amide bonds. The third-order valence-electron chi connectivity index (χ3n) is 7.39. The van der Waals surface area contributed by atoms with Gasteiger partial charge in [0.25, 0.3) is 10.0 Å². The van der Waals surface area contributed by atoms with E-state index in [1.165, 1.54) is 4.90 Å². The number of methoxy groups -OCH3 is 1.